The van der Waals surface area contributed by atoms with Crippen molar-refractivity contribution in [2.75, 3.05) is 0 Å². The van der Waals surface area contributed by atoms with Gasteiger partial charge in [-0.2, -0.15) is 0 Å². The zero-order valence-corrected chi connectivity index (χ0v) is 7.81. The Morgan fingerprint density at radius 3 is 2.62 bits per heavy atom. The molecule has 1 saturated carbocycles. The van der Waals surface area contributed by atoms with Gasteiger partial charge in [0.2, 0.25) is 0 Å². The molecule has 70 valence electrons. The van der Waals surface area contributed by atoms with Crippen molar-refractivity contribution in [3.05, 3.63) is 35.1 Å². The van der Waals surface area contributed by atoms with Gasteiger partial charge >= 0.3 is 0 Å². The summed E-state index contributed by atoms with van der Waals surface area (Å²) in [4.78, 5) is 0. The summed E-state index contributed by atoms with van der Waals surface area (Å²) in [7, 11) is 0. The number of hydrogen-bond donors (Lipinski definition) is 1. The summed E-state index contributed by atoms with van der Waals surface area (Å²) in [5.74, 6) is -0.144. The highest BCUT2D eigenvalue weighted by molar-refractivity contribution is 5.35. The Hall–Kier alpha value is -0.890. The SMILES string of the molecule is Cc1c(F)cccc1C1(N)CCC1. The van der Waals surface area contributed by atoms with E-state index in [1.165, 1.54) is 6.07 Å². The first kappa shape index (κ1) is 8.70. The van der Waals surface area contributed by atoms with E-state index in [4.69, 9.17) is 5.73 Å². The maximum Gasteiger partial charge on any atom is 0.126 e. The number of halogens is 1. The molecule has 0 bridgehead atoms. The maximum absolute atomic E-state index is 13.2. The minimum Gasteiger partial charge on any atom is -0.321 e. The zero-order chi connectivity index (χ0) is 9.47. The lowest BCUT2D eigenvalue weighted by molar-refractivity contribution is 0.251. The first-order chi connectivity index (χ1) is 6.13. The van der Waals surface area contributed by atoms with E-state index in [1.54, 1.807) is 13.0 Å². The summed E-state index contributed by atoms with van der Waals surface area (Å²) in [5, 5.41) is 0. The molecule has 13 heavy (non-hydrogen) atoms. The molecule has 2 N–H and O–H groups in total. The van der Waals surface area contributed by atoms with E-state index in [0.29, 0.717) is 5.56 Å². The lowest BCUT2D eigenvalue weighted by Crippen LogP contribution is -2.43. The largest absolute Gasteiger partial charge is 0.321 e. The van der Waals surface area contributed by atoms with Crippen LogP contribution in [0.15, 0.2) is 18.2 Å². The first-order valence-corrected chi connectivity index (χ1v) is 4.68. The van der Waals surface area contributed by atoms with E-state index in [0.717, 1.165) is 24.8 Å². The van der Waals surface area contributed by atoms with Crippen LogP contribution in [0.2, 0.25) is 0 Å². The van der Waals surface area contributed by atoms with Crippen LogP contribution < -0.4 is 5.73 Å². The fourth-order valence-electron chi connectivity index (χ4n) is 1.97. The van der Waals surface area contributed by atoms with Crippen LogP contribution in [0.4, 0.5) is 4.39 Å². The summed E-state index contributed by atoms with van der Waals surface area (Å²) in [6, 6.07) is 5.17. The third kappa shape index (κ3) is 1.25. The molecule has 1 nitrogen and oxygen atoms in total. The Labute approximate surface area is 77.8 Å². The van der Waals surface area contributed by atoms with Gasteiger partial charge < -0.3 is 5.73 Å². The van der Waals surface area contributed by atoms with Crippen molar-refractivity contribution < 1.29 is 4.39 Å². The standard InChI is InChI=1S/C11H14FN/c1-8-9(4-2-5-10(8)12)11(13)6-3-7-11/h2,4-5H,3,6-7,13H2,1H3. The summed E-state index contributed by atoms with van der Waals surface area (Å²) in [5.41, 5.74) is 7.58. The van der Waals surface area contributed by atoms with Crippen LogP contribution in [-0.4, -0.2) is 0 Å². The second-order valence-corrected chi connectivity index (χ2v) is 3.92. The normalized spacial score (nSPS) is 19.6. The molecule has 1 aliphatic rings. The van der Waals surface area contributed by atoms with Crippen LogP contribution in [0.3, 0.4) is 0 Å². The molecule has 2 rings (SSSR count). The molecule has 0 atom stereocenters. The predicted molar refractivity (Wildman–Crippen MR) is 50.9 cm³/mol. The molecule has 0 aliphatic heterocycles. The average Bonchev–Trinajstić information content (AvgIpc) is 2.06. The van der Waals surface area contributed by atoms with Crippen LogP contribution in [-0.2, 0) is 5.54 Å². The zero-order valence-electron chi connectivity index (χ0n) is 7.81. The smallest absolute Gasteiger partial charge is 0.126 e. The summed E-state index contributed by atoms with van der Waals surface area (Å²) < 4.78 is 13.2. The van der Waals surface area contributed by atoms with Crippen molar-refractivity contribution in [1.29, 1.82) is 0 Å². The Morgan fingerprint density at radius 1 is 1.38 bits per heavy atom. The number of nitrogens with two attached hydrogens (primary N) is 1. The molecular formula is C11H14FN. The second kappa shape index (κ2) is 2.81. The lowest BCUT2D eigenvalue weighted by Gasteiger charge is -2.39. The predicted octanol–water partition coefficient (Wildman–Crippen LogP) is 2.47. The van der Waals surface area contributed by atoms with Gasteiger partial charge in [0.05, 0.1) is 0 Å². The maximum atomic E-state index is 13.2. The third-order valence-electron chi connectivity index (χ3n) is 3.05. The Balaban J connectivity index is 2.45. The average molecular weight is 179 g/mol. The van der Waals surface area contributed by atoms with Crippen molar-refractivity contribution in [1.82, 2.24) is 0 Å². The van der Waals surface area contributed by atoms with Crippen LogP contribution in [0.1, 0.15) is 30.4 Å². The van der Waals surface area contributed by atoms with Gasteiger partial charge in [-0.15, -0.1) is 0 Å². The molecule has 1 aromatic carbocycles. The van der Waals surface area contributed by atoms with E-state index < -0.39 is 0 Å². The van der Waals surface area contributed by atoms with Crippen LogP contribution in [0.5, 0.6) is 0 Å². The van der Waals surface area contributed by atoms with Crippen molar-refractivity contribution in [3.8, 4) is 0 Å². The van der Waals surface area contributed by atoms with Gasteiger partial charge in [0.15, 0.2) is 0 Å². The fourth-order valence-corrected chi connectivity index (χ4v) is 1.97. The highest BCUT2D eigenvalue weighted by Gasteiger charge is 2.35. The van der Waals surface area contributed by atoms with Crippen molar-refractivity contribution in [3.63, 3.8) is 0 Å². The van der Waals surface area contributed by atoms with Gasteiger partial charge in [-0.25, -0.2) is 4.39 Å². The van der Waals surface area contributed by atoms with Crippen LogP contribution in [0, 0.1) is 12.7 Å². The monoisotopic (exact) mass is 179 g/mol. The second-order valence-electron chi connectivity index (χ2n) is 3.92. The molecule has 1 aliphatic carbocycles. The van der Waals surface area contributed by atoms with Gasteiger partial charge in [0.25, 0.3) is 0 Å². The topological polar surface area (TPSA) is 26.0 Å². The van der Waals surface area contributed by atoms with Gasteiger partial charge in [-0.3, -0.25) is 0 Å². The van der Waals surface area contributed by atoms with E-state index >= 15 is 0 Å². The molecule has 2 heteroatoms. The van der Waals surface area contributed by atoms with E-state index in [1.807, 2.05) is 6.07 Å². The fraction of sp³-hybridized carbons (Fsp3) is 0.455. The molecule has 0 unspecified atom stereocenters. The molecule has 1 aromatic rings. The minimum absolute atomic E-state index is 0.144. The van der Waals surface area contributed by atoms with Gasteiger partial charge in [-0.1, -0.05) is 12.1 Å². The van der Waals surface area contributed by atoms with Crippen molar-refractivity contribution >= 4 is 0 Å². The quantitative estimate of drug-likeness (QED) is 0.704. The molecule has 0 heterocycles. The molecular weight excluding hydrogens is 165 g/mol. The first-order valence-electron chi connectivity index (χ1n) is 4.68. The number of rotatable bonds is 1. The summed E-state index contributed by atoms with van der Waals surface area (Å²) >= 11 is 0. The lowest BCUT2D eigenvalue weighted by atomic mass is 9.71. The highest BCUT2D eigenvalue weighted by atomic mass is 19.1. The molecule has 0 aromatic heterocycles. The van der Waals surface area contributed by atoms with E-state index in [2.05, 4.69) is 0 Å². The number of benzene rings is 1. The summed E-state index contributed by atoms with van der Waals surface area (Å²) in [6.45, 7) is 1.80. The van der Waals surface area contributed by atoms with Gasteiger partial charge in [0.1, 0.15) is 5.82 Å². The van der Waals surface area contributed by atoms with Crippen molar-refractivity contribution in [2.45, 2.75) is 31.7 Å². The number of hydrogen-bond acceptors (Lipinski definition) is 1. The van der Waals surface area contributed by atoms with E-state index in [-0.39, 0.29) is 11.4 Å². The van der Waals surface area contributed by atoms with Crippen LogP contribution in [0.25, 0.3) is 0 Å². The van der Waals surface area contributed by atoms with Crippen LogP contribution >= 0.6 is 0 Å². The Kier molecular flexibility index (Phi) is 1.88. The van der Waals surface area contributed by atoms with Gasteiger partial charge in [-0.05, 0) is 43.4 Å². The molecule has 1 fully saturated rings. The van der Waals surface area contributed by atoms with Gasteiger partial charge in [0, 0.05) is 5.54 Å². The molecule has 0 radical (unpaired) electrons. The third-order valence-corrected chi connectivity index (χ3v) is 3.05. The summed E-state index contributed by atoms with van der Waals surface area (Å²) in [6.07, 6.45) is 3.13. The molecule has 0 amide bonds. The molecule has 0 saturated heterocycles. The molecule has 0 spiro atoms. The van der Waals surface area contributed by atoms with E-state index in [9.17, 15) is 4.39 Å². The Bertz CT molecular complexity index is 329. The minimum atomic E-state index is -0.244. The Morgan fingerprint density at radius 2 is 2.08 bits per heavy atom. The van der Waals surface area contributed by atoms with Crippen molar-refractivity contribution in [2.24, 2.45) is 5.73 Å². The highest BCUT2D eigenvalue weighted by Crippen LogP contribution is 2.40.